The summed E-state index contributed by atoms with van der Waals surface area (Å²) < 4.78 is 16.8. The van der Waals surface area contributed by atoms with Gasteiger partial charge in [-0.3, -0.25) is 18.6 Å². The lowest BCUT2D eigenvalue weighted by atomic mass is 9.45. The van der Waals surface area contributed by atoms with Gasteiger partial charge in [0, 0.05) is 22.6 Å². The van der Waals surface area contributed by atoms with Gasteiger partial charge in [0.05, 0.1) is 19.0 Å². The average Bonchev–Trinajstić information content (AvgIpc) is 2.99. The first kappa shape index (κ1) is 23.8. The highest BCUT2D eigenvalue weighted by molar-refractivity contribution is 7.86. The number of aliphatic hydroxyl groups is 2. The van der Waals surface area contributed by atoms with Gasteiger partial charge in [-0.05, 0) is 67.8 Å². The van der Waals surface area contributed by atoms with Crippen molar-refractivity contribution >= 4 is 28.3 Å². The molecule has 3 saturated carbocycles. The minimum Gasteiger partial charge on any atom is -0.468 e. The van der Waals surface area contributed by atoms with Gasteiger partial charge in [0.15, 0.2) is 11.6 Å². The van der Waals surface area contributed by atoms with Crippen LogP contribution in [0, 0.1) is 28.6 Å². The van der Waals surface area contributed by atoms with Gasteiger partial charge < -0.3 is 14.9 Å². The van der Waals surface area contributed by atoms with Gasteiger partial charge in [-0.25, -0.2) is 0 Å². The van der Waals surface area contributed by atoms with E-state index in [2.05, 4.69) is 11.7 Å². The number of hydrogen-bond donors (Lipinski definition) is 2. The first-order chi connectivity index (χ1) is 15.0. The molecule has 0 spiro atoms. The molecule has 0 saturated heterocycles. The third-order valence-corrected chi connectivity index (χ3v) is 10.5. The van der Waals surface area contributed by atoms with E-state index in [9.17, 15) is 28.8 Å². The van der Waals surface area contributed by atoms with E-state index in [0.717, 1.165) is 24.8 Å². The van der Waals surface area contributed by atoms with E-state index in [1.807, 2.05) is 6.92 Å². The molecule has 32 heavy (non-hydrogen) atoms. The Morgan fingerprint density at radius 2 is 1.91 bits per heavy atom. The van der Waals surface area contributed by atoms with Gasteiger partial charge >= 0.3 is 5.97 Å². The molecule has 0 aromatic carbocycles. The topological polar surface area (TPSA) is 118 Å². The highest BCUT2D eigenvalue weighted by atomic mass is 32.2. The summed E-state index contributed by atoms with van der Waals surface area (Å²) in [5.41, 5.74) is -1.58. The molecule has 0 aromatic rings. The smallest absolute Gasteiger partial charge is 0.318 e. The lowest BCUT2D eigenvalue weighted by Crippen LogP contribution is -2.62. The number of ketones is 2. The Balaban J connectivity index is 1.60. The fraction of sp³-hybridized carbons (Fsp3) is 0.792. The molecule has 178 valence electrons. The molecule has 7 nitrogen and oxygen atoms in total. The second-order valence-electron chi connectivity index (χ2n) is 10.7. The average molecular weight is 467 g/mol. The second kappa shape index (κ2) is 8.13. The van der Waals surface area contributed by atoms with Gasteiger partial charge in [-0.15, -0.1) is 0 Å². The summed E-state index contributed by atoms with van der Waals surface area (Å²) in [6, 6.07) is 0. The maximum Gasteiger partial charge on any atom is 0.318 e. The number of allylic oxidation sites excluding steroid dienone is 1. The summed E-state index contributed by atoms with van der Waals surface area (Å²) in [7, 11) is -0.552. The molecule has 0 aromatic heterocycles. The van der Waals surface area contributed by atoms with Crippen LogP contribution in [0.2, 0.25) is 0 Å². The lowest BCUT2D eigenvalue weighted by molar-refractivity contribution is -0.178. The molecule has 2 N–H and O–H groups in total. The highest BCUT2D eigenvalue weighted by Crippen LogP contribution is 2.67. The Morgan fingerprint density at radius 1 is 1.19 bits per heavy atom. The van der Waals surface area contributed by atoms with E-state index in [1.54, 1.807) is 6.08 Å². The maximum absolute atomic E-state index is 13.2. The zero-order valence-electron chi connectivity index (χ0n) is 19.1. The Hall–Kier alpha value is -1.38. The number of methoxy groups -OCH3 is 1. The van der Waals surface area contributed by atoms with Gasteiger partial charge in [0.1, 0.15) is 11.4 Å². The van der Waals surface area contributed by atoms with Crippen molar-refractivity contribution in [1.82, 2.24) is 0 Å². The minimum absolute atomic E-state index is 0.000386. The zero-order chi connectivity index (χ0) is 23.5. The molecule has 8 atom stereocenters. The van der Waals surface area contributed by atoms with Crippen molar-refractivity contribution in [3.05, 3.63) is 11.6 Å². The van der Waals surface area contributed by atoms with Crippen LogP contribution in [0.4, 0.5) is 0 Å². The van der Waals surface area contributed by atoms with E-state index in [0.29, 0.717) is 19.3 Å². The van der Waals surface area contributed by atoms with Crippen LogP contribution in [0.25, 0.3) is 0 Å². The van der Waals surface area contributed by atoms with Crippen LogP contribution < -0.4 is 0 Å². The predicted molar refractivity (Wildman–Crippen MR) is 118 cm³/mol. The maximum atomic E-state index is 13.2. The van der Waals surface area contributed by atoms with E-state index in [-0.39, 0.29) is 41.1 Å². The standard InChI is InChI=1S/C24H34O7S/c1-22-8-6-15(25)10-14(22)4-5-16-17-7-9-24(29,23(17,2)11-18(26)21(16)22)19(27)12-32(30)13-20(28)31-3/h10,16-18,21,26,29H,4-9,11-13H2,1-3H3/t16-,17-,18-,21+,22-,23-,24-,32-/m0/s1. The van der Waals surface area contributed by atoms with Crippen LogP contribution >= 0.6 is 0 Å². The van der Waals surface area contributed by atoms with Crippen molar-refractivity contribution < 1.29 is 33.5 Å². The minimum atomic E-state index is -1.75. The first-order valence-corrected chi connectivity index (χ1v) is 13.0. The van der Waals surface area contributed by atoms with Crippen molar-refractivity contribution in [3.63, 3.8) is 0 Å². The number of carbonyl (C=O) groups is 3. The van der Waals surface area contributed by atoms with Crippen molar-refractivity contribution in [2.24, 2.45) is 28.6 Å². The van der Waals surface area contributed by atoms with Crippen molar-refractivity contribution in [2.75, 3.05) is 18.6 Å². The number of fused-ring (bicyclic) bond motifs is 5. The quantitative estimate of drug-likeness (QED) is 0.592. The number of hydrogen-bond acceptors (Lipinski definition) is 7. The van der Waals surface area contributed by atoms with Gasteiger partial charge in [0.2, 0.25) is 0 Å². The van der Waals surface area contributed by atoms with Gasteiger partial charge in [0.25, 0.3) is 0 Å². The number of rotatable bonds is 5. The van der Waals surface area contributed by atoms with E-state index in [1.165, 1.54) is 7.11 Å². The number of esters is 1. The number of aliphatic hydroxyl groups excluding tert-OH is 1. The molecule has 4 aliphatic rings. The molecule has 0 heterocycles. The normalized spacial score (nSPS) is 44.0. The Morgan fingerprint density at radius 3 is 2.59 bits per heavy atom. The highest BCUT2D eigenvalue weighted by Gasteiger charge is 2.68. The Labute approximate surface area is 191 Å². The molecule has 0 radical (unpaired) electrons. The predicted octanol–water partition coefficient (Wildman–Crippen LogP) is 1.71. The molecular formula is C24H34O7S. The summed E-state index contributed by atoms with van der Waals surface area (Å²) in [5, 5.41) is 23.0. The third-order valence-electron chi connectivity index (χ3n) is 9.31. The van der Waals surface area contributed by atoms with Crippen molar-refractivity contribution in [3.8, 4) is 0 Å². The van der Waals surface area contributed by atoms with Crippen LogP contribution in [0.15, 0.2) is 11.6 Å². The first-order valence-electron chi connectivity index (χ1n) is 11.6. The molecular weight excluding hydrogens is 432 g/mol. The van der Waals surface area contributed by atoms with E-state index in [4.69, 9.17) is 0 Å². The third kappa shape index (κ3) is 3.44. The van der Waals surface area contributed by atoms with Gasteiger partial charge in [-0.2, -0.15) is 0 Å². The summed E-state index contributed by atoms with van der Waals surface area (Å²) in [6.45, 7) is 4.06. The summed E-state index contributed by atoms with van der Waals surface area (Å²) in [4.78, 5) is 36.6. The molecule has 0 aliphatic heterocycles. The zero-order valence-corrected chi connectivity index (χ0v) is 19.9. The van der Waals surface area contributed by atoms with Crippen molar-refractivity contribution in [2.45, 2.75) is 70.5 Å². The lowest BCUT2D eigenvalue weighted by Gasteiger charge is -2.60. The van der Waals surface area contributed by atoms with Crippen LogP contribution in [-0.2, 0) is 29.9 Å². The fourth-order valence-electron chi connectivity index (χ4n) is 7.66. The molecule has 3 fully saturated rings. The SMILES string of the molecule is COC(=O)C[S@@](=O)CC(=O)[C@@]1(O)CC[C@H]2[C@@H]3CCC4=CC(=O)CC[C@]4(C)[C@H]3[C@@H](O)C[C@@]21C. The van der Waals surface area contributed by atoms with Crippen LogP contribution in [-0.4, -0.2) is 62.3 Å². The van der Waals surface area contributed by atoms with E-state index < -0.39 is 45.4 Å². The summed E-state index contributed by atoms with van der Waals surface area (Å²) in [6.07, 6.45) is 5.18. The molecule has 4 rings (SSSR count). The number of Topliss-reactive ketones (excluding diaryl/α,β-unsaturated/α-hetero) is 1. The van der Waals surface area contributed by atoms with Crippen LogP contribution in [0.5, 0.6) is 0 Å². The molecule has 4 aliphatic carbocycles. The van der Waals surface area contributed by atoms with Crippen LogP contribution in [0.1, 0.15) is 58.8 Å². The second-order valence-corrected chi connectivity index (χ2v) is 12.2. The molecule has 0 amide bonds. The summed E-state index contributed by atoms with van der Waals surface area (Å²) in [5.74, 6) is -1.56. The molecule has 0 bridgehead atoms. The molecule has 8 heteroatoms. The van der Waals surface area contributed by atoms with Crippen LogP contribution in [0.3, 0.4) is 0 Å². The monoisotopic (exact) mass is 466 g/mol. The fourth-order valence-corrected chi connectivity index (χ4v) is 8.67. The molecule has 0 unspecified atom stereocenters. The van der Waals surface area contributed by atoms with E-state index >= 15 is 0 Å². The van der Waals surface area contributed by atoms with Crippen molar-refractivity contribution in [1.29, 1.82) is 0 Å². The Kier molecular flexibility index (Phi) is 6.04. The van der Waals surface area contributed by atoms with Gasteiger partial charge in [-0.1, -0.05) is 19.4 Å². The number of carbonyl (C=O) groups excluding carboxylic acids is 3. The number of ether oxygens (including phenoxy) is 1. The Bertz CT molecular complexity index is 897. The summed E-state index contributed by atoms with van der Waals surface area (Å²) >= 11 is 0. The largest absolute Gasteiger partial charge is 0.468 e.